The molecule has 3 aliphatic heterocycles. The van der Waals surface area contributed by atoms with E-state index in [-0.39, 0.29) is 55.5 Å². The average Bonchev–Trinajstić information content (AvgIpc) is 3.97. The first-order chi connectivity index (χ1) is 31.5. The number of epoxide rings is 1. The highest BCUT2D eigenvalue weighted by atomic mass is 35.5. The van der Waals surface area contributed by atoms with Crippen molar-refractivity contribution in [1.82, 2.24) is 20.9 Å². The van der Waals surface area contributed by atoms with Gasteiger partial charge in [0.05, 0.1) is 31.2 Å². The summed E-state index contributed by atoms with van der Waals surface area (Å²) in [6.07, 6.45) is 0.496. The smallest absolute Gasteiger partial charge is 0.409 e. The Hall–Kier alpha value is -4.54. The lowest BCUT2D eigenvalue weighted by Gasteiger charge is -2.42. The second-order valence-corrected chi connectivity index (χ2v) is 20.3. The number of alkyl carbamates (subject to hydrolysis) is 1. The third kappa shape index (κ3) is 15.0. The fourth-order valence-corrected chi connectivity index (χ4v) is 9.91. The lowest BCUT2D eigenvalue weighted by molar-refractivity contribution is -0.162. The van der Waals surface area contributed by atoms with Crippen LogP contribution in [0.5, 0.6) is 5.75 Å². The molecule has 0 spiro atoms. The number of aliphatic hydroxyl groups is 1. The number of hydrogen-bond acceptors (Lipinski definition) is 15. The number of carbonyl (C=O) groups excluding carboxylic acids is 6. The third-order valence-electron chi connectivity index (χ3n) is 12.1. The Kier molecular flexibility index (Phi) is 20.3. The van der Waals surface area contributed by atoms with Gasteiger partial charge in [0.25, 0.3) is 0 Å². The maximum Gasteiger partial charge on any atom is 0.409 e. The van der Waals surface area contributed by atoms with Crippen LogP contribution in [-0.2, 0) is 54.1 Å². The number of rotatable bonds is 18. The number of methoxy groups -OCH3 is 2. The molecule has 4 bridgehead atoms. The van der Waals surface area contributed by atoms with Gasteiger partial charge in [0.15, 0.2) is 5.72 Å². The number of esters is 1. The van der Waals surface area contributed by atoms with Gasteiger partial charge in [-0.1, -0.05) is 70.8 Å². The van der Waals surface area contributed by atoms with Gasteiger partial charge < -0.3 is 54.3 Å². The molecule has 0 saturated carbocycles. The van der Waals surface area contributed by atoms with E-state index < -0.39 is 83.5 Å². The van der Waals surface area contributed by atoms with Gasteiger partial charge in [-0.2, -0.15) is 0 Å². The summed E-state index contributed by atoms with van der Waals surface area (Å²) in [6.45, 7) is 8.75. The van der Waals surface area contributed by atoms with Crippen LogP contribution in [0.3, 0.4) is 0 Å². The van der Waals surface area contributed by atoms with E-state index >= 15 is 0 Å². The van der Waals surface area contributed by atoms with Crippen LogP contribution in [0.2, 0.25) is 5.02 Å². The molecule has 1 aromatic carbocycles. The molecule has 0 radical (unpaired) electrons. The number of hydrogen-bond donors (Lipinski definition) is 5. The number of halogens is 1. The van der Waals surface area contributed by atoms with E-state index in [1.54, 1.807) is 45.2 Å². The van der Waals surface area contributed by atoms with Crippen molar-refractivity contribution in [2.75, 3.05) is 57.8 Å². The van der Waals surface area contributed by atoms with Gasteiger partial charge in [-0.15, -0.1) is 0 Å². The van der Waals surface area contributed by atoms with E-state index in [1.165, 1.54) is 66.5 Å². The van der Waals surface area contributed by atoms with E-state index in [9.17, 15) is 38.7 Å². The number of benzene rings is 1. The number of amides is 5. The van der Waals surface area contributed by atoms with E-state index in [0.29, 0.717) is 35.9 Å². The Labute approximate surface area is 404 Å². The van der Waals surface area contributed by atoms with Crippen molar-refractivity contribution in [3.8, 4) is 5.75 Å². The van der Waals surface area contributed by atoms with E-state index in [1.807, 2.05) is 13.0 Å². The molecule has 2 saturated heterocycles. The van der Waals surface area contributed by atoms with Crippen LogP contribution < -0.4 is 25.6 Å². The molecule has 372 valence electrons. The van der Waals surface area contributed by atoms with Crippen molar-refractivity contribution in [2.45, 2.75) is 115 Å². The number of allylic oxidation sites excluding steroid dienone is 3. The van der Waals surface area contributed by atoms with Crippen LogP contribution in [0.1, 0.15) is 72.3 Å². The summed E-state index contributed by atoms with van der Waals surface area (Å²) >= 11 is 6.79. The second kappa shape index (κ2) is 24.7. The molecule has 5 amide bonds. The molecule has 2 fully saturated rings. The molecular weight excluding hydrogens is 934 g/mol. The number of fused-ring (bicyclic) bond motifs is 5. The molecule has 67 heavy (non-hydrogen) atoms. The molecule has 0 aliphatic carbocycles. The molecule has 3 heterocycles. The van der Waals surface area contributed by atoms with Gasteiger partial charge in [-0.25, -0.2) is 9.59 Å². The number of carboxylic acids is 1. The normalized spacial score (nSPS) is 27.4. The summed E-state index contributed by atoms with van der Waals surface area (Å²) in [6, 6.07) is 2.47. The van der Waals surface area contributed by atoms with Gasteiger partial charge >= 0.3 is 18.0 Å². The molecular formula is C45H64ClN5O14S2. The first-order valence-electron chi connectivity index (χ1n) is 21.9. The molecule has 1 unspecified atom stereocenters. The number of ether oxygens (including phenoxy) is 5. The lowest BCUT2D eigenvalue weighted by atomic mass is 9.83. The average molecular weight is 999 g/mol. The number of nitrogens with zero attached hydrogens (tertiary/aromatic N) is 2. The molecule has 5 N–H and O–H groups in total. The minimum absolute atomic E-state index is 0.0396. The zero-order chi connectivity index (χ0) is 49.8. The predicted molar refractivity (Wildman–Crippen MR) is 253 cm³/mol. The molecule has 0 aromatic heterocycles. The van der Waals surface area contributed by atoms with Crippen LogP contribution in [0, 0.1) is 11.8 Å². The lowest BCUT2D eigenvalue weighted by Crippen LogP contribution is -2.63. The Bertz CT molecular complexity index is 2060. The number of anilines is 1. The second-order valence-electron chi connectivity index (χ2n) is 17.2. The highest BCUT2D eigenvalue weighted by molar-refractivity contribution is 8.76. The Morgan fingerprint density at radius 2 is 1.76 bits per heavy atom. The maximum absolute atomic E-state index is 14.3. The van der Waals surface area contributed by atoms with Gasteiger partial charge in [-0.05, 0) is 44.9 Å². The topological polar surface area (TPSA) is 252 Å². The fraction of sp³-hybridized carbons (Fsp3) is 0.622. The van der Waals surface area contributed by atoms with E-state index in [4.69, 9.17) is 40.4 Å². The van der Waals surface area contributed by atoms with Crippen LogP contribution >= 0.6 is 33.2 Å². The summed E-state index contributed by atoms with van der Waals surface area (Å²) in [5, 5.41) is 28.7. The zero-order valence-corrected chi connectivity index (χ0v) is 41.8. The number of aliphatic carboxylic acids is 1. The predicted octanol–water partition coefficient (Wildman–Crippen LogP) is 4.02. The van der Waals surface area contributed by atoms with Crippen molar-refractivity contribution >= 4 is 80.5 Å². The summed E-state index contributed by atoms with van der Waals surface area (Å²) in [4.78, 5) is 91.9. The highest BCUT2D eigenvalue weighted by Crippen LogP contribution is 2.49. The first-order valence-corrected chi connectivity index (χ1v) is 24.8. The highest BCUT2D eigenvalue weighted by Gasteiger charge is 2.64. The molecule has 4 rings (SSSR count). The standard InChI is InChI=1S/C45H64ClN5O14S2/c1-25-11-10-12-33(62-9)45(60)24-32(63-43(59)49-45)27(3)40-44(5,65-40)34(23-38(55)51(7)30-21-29(19-25)22-31(61-8)39(30)46)64-42(58)28(4)50(6)37(54)14-17-66-67-18-16-48-35(52)13-15-47-36(53)20-26(2)41(56)57/h10-12,21-22,26-28,32-34,40,60H,13-20,23-24H2,1-9H3,(H,47,53)(H,48,52)(H,49,59)(H,56,57)/b12-10+,25-11+/t26?,27-,28+,32+,33-,34+,40+,44+,45+/m1/s1. The quantitative estimate of drug-likeness (QED) is 0.0603. The monoisotopic (exact) mass is 997 g/mol. The van der Waals surface area contributed by atoms with Crippen molar-refractivity contribution in [3.05, 3.63) is 46.5 Å². The Morgan fingerprint density at radius 1 is 1.07 bits per heavy atom. The van der Waals surface area contributed by atoms with Crippen molar-refractivity contribution in [2.24, 2.45) is 11.8 Å². The zero-order valence-electron chi connectivity index (χ0n) is 39.4. The molecule has 1 aromatic rings. The van der Waals surface area contributed by atoms with Gasteiger partial charge in [0.1, 0.15) is 40.7 Å². The van der Waals surface area contributed by atoms with Crippen LogP contribution in [0.4, 0.5) is 10.5 Å². The van der Waals surface area contributed by atoms with E-state index in [0.717, 1.165) is 11.1 Å². The van der Waals surface area contributed by atoms with Crippen LogP contribution in [0.15, 0.2) is 35.9 Å². The van der Waals surface area contributed by atoms with Crippen LogP contribution in [0.25, 0.3) is 0 Å². The Morgan fingerprint density at radius 3 is 2.43 bits per heavy atom. The summed E-state index contributed by atoms with van der Waals surface area (Å²) in [5.74, 6) is -3.50. The van der Waals surface area contributed by atoms with Crippen molar-refractivity contribution < 1.29 is 67.5 Å². The van der Waals surface area contributed by atoms with Crippen LogP contribution in [-0.4, -0.2) is 151 Å². The number of nitrogens with one attached hydrogen (secondary N) is 3. The van der Waals surface area contributed by atoms with Gasteiger partial charge in [0.2, 0.25) is 23.6 Å². The molecule has 22 heteroatoms. The summed E-state index contributed by atoms with van der Waals surface area (Å²) < 4.78 is 29.3. The summed E-state index contributed by atoms with van der Waals surface area (Å²) in [7, 11) is 8.78. The minimum atomic E-state index is -1.87. The summed E-state index contributed by atoms with van der Waals surface area (Å²) in [5.41, 5.74) is -1.10. The maximum atomic E-state index is 14.3. The van der Waals surface area contributed by atoms with Gasteiger partial charge in [0, 0.05) is 77.4 Å². The molecule has 9 atom stereocenters. The fourth-order valence-electron chi connectivity index (χ4n) is 7.71. The first kappa shape index (κ1) is 55.1. The van der Waals surface area contributed by atoms with Crippen molar-refractivity contribution in [1.29, 1.82) is 0 Å². The Balaban J connectivity index is 1.43. The minimum Gasteiger partial charge on any atom is -0.495 e. The largest absolute Gasteiger partial charge is 0.495 e. The van der Waals surface area contributed by atoms with Crippen molar-refractivity contribution in [3.63, 3.8) is 0 Å². The number of likely N-dealkylation sites (N-methyl/N-ethyl adjacent to an activating group) is 1. The third-order valence-corrected chi connectivity index (χ3v) is 14.9. The molecule has 19 nitrogen and oxygen atoms in total. The van der Waals surface area contributed by atoms with E-state index in [2.05, 4.69) is 16.0 Å². The number of carboxylic acid groups (broad SMARTS) is 1. The molecule has 3 aliphatic rings. The number of carbonyl (C=O) groups is 7. The SMILES string of the molecule is COc1cc2cc(c1Cl)N(C)C(=O)C[C@H](OC(=O)[C@H](C)N(C)C(=O)CCSSCCNC(=O)CCNC(=O)CC(C)C(=O)O)[C@]1(C)O[C@H]1[C@H](C)[C@@H]1C[C@@](O)(NC(=O)O1)[C@H](OC)/C=C/C=C(\C)C2. The van der Waals surface area contributed by atoms with Gasteiger partial charge in [-0.3, -0.25) is 29.3 Å².